The zero-order valence-electron chi connectivity index (χ0n) is 37.2. The van der Waals surface area contributed by atoms with Crippen molar-refractivity contribution in [1.29, 1.82) is 0 Å². The second kappa shape index (κ2) is 15.3. The number of aromatic nitrogens is 3. The summed E-state index contributed by atoms with van der Waals surface area (Å²) in [5.41, 5.74) is 18.0. The maximum Gasteiger partial charge on any atom is 0.160 e. The molecule has 67 heavy (non-hydrogen) atoms. The maximum atomic E-state index is 5.33. The average Bonchev–Trinajstić information content (AvgIpc) is 3.73. The number of rotatable bonds is 6. The molecule has 10 aromatic carbocycles. The first-order valence-electron chi connectivity index (χ1n) is 23.1. The molecular weight excluding hydrogens is 813 g/mol. The standard InChI is InChI=1S/C63H44N4/c1-63(2)53-25-12-14-27-57(53)66(48-20-7-4-8-21-48)58-36-34-46(40-54(58)63)45-33-35-56-52(39-45)60-50-23-10-9-18-43(50)32-37-59(60)67(56)49-22-15-19-47(38-49)62-64-55-26-13-11-24-51(55)61(65-62)44-30-28-42(29-31-44)41-16-5-3-6-17-41/h3-40H,1-2H3. The first-order valence-corrected chi connectivity index (χ1v) is 23.1. The molecule has 12 aromatic rings. The zero-order valence-corrected chi connectivity index (χ0v) is 37.2. The van der Waals surface area contributed by atoms with Crippen LogP contribution in [0, 0.1) is 0 Å². The largest absolute Gasteiger partial charge is 0.310 e. The molecule has 0 spiro atoms. The van der Waals surface area contributed by atoms with Crippen LogP contribution in [0.4, 0.5) is 17.1 Å². The molecule has 0 fully saturated rings. The predicted molar refractivity (Wildman–Crippen MR) is 280 cm³/mol. The van der Waals surface area contributed by atoms with Crippen molar-refractivity contribution in [2.24, 2.45) is 0 Å². The van der Waals surface area contributed by atoms with Gasteiger partial charge in [-0.15, -0.1) is 0 Å². The van der Waals surface area contributed by atoms with Crippen LogP contribution in [-0.2, 0) is 5.41 Å². The quantitative estimate of drug-likeness (QED) is 0.167. The molecule has 0 saturated heterocycles. The van der Waals surface area contributed by atoms with E-state index in [4.69, 9.17) is 9.97 Å². The Labute approximate surface area is 389 Å². The van der Waals surface area contributed by atoms with Crippen molar-refractivity contribution < 1.29 is 0 Å². The molecule has 0 bridgehead atoms. The molecule has 1 aliphatic rings. The van der Waals surface area contributed by atoms with E-state index in [0.717, 1.165) is 50.1 Å². The molecule has 3 heterocycles. The van der Waals surface area contributed by atoms with E-state index >= 15 is 0 Å². The highest BCUT2D eigenvalue weighted by Crippen LogP contribution is 2.53. The molecule has 0 atom stereocenters. The molecule has 13 rings (SSSR count). The second-order valence-corrected chi connectivity index (χ2v) is 18.2. The van der Waals surface area contributed by atoms with Crippen LogP contribution in [0.5, 0.6) is 0 Å². The molecule has 0 saturated carbocycles. The van der Waals surface area contributed by atoms with E-state index in [1.165, 1.54) is 66.3 Å². The third kappa shape index (κ3) is 6.29. The Kier molecular flexibility index (Phi) is 8.84. The molecule has 0 aliphatic carbocycles. The lowest BCUT2D eigenvalue weighted by Crippen LogP contribution is -2.30. The van der Waals surface area contributed by atoms with Gasteiger partial charge in [0.25, 0.3) is 0 Å². The van der Waals surface area contributed by atoms with Crippen LogP contribution in [0.1, 0.15) is 25.0 Å². The molecule has 1 aliphatic heterocycles. The molecule has 4 nitrogen and oxygen atoms in total. The van der Waals surface area contributed by atoms with Gasteiger partial charge in [0.1, 0.15) is 0 Å². The minimum atomic E-state index is -0.211. The summed E-state index contributed by atoms with van der Waals surface area (Å²) in [6, 6.07) is 83.2. The third-order valence-corrected chi connectivity index (χ3v) is 14.0. The van der Waals surface area contributed by atoms with Gasteiger partial charge in [-0.1, -0.05) is 178 Å². The van der Waals surface area contributed by atoms with Gasteiger partial charge < -0.3 is 9.47 Å². The van der Waals surface area contributed by atoms with Crippen molar-refractivity contribution in [3.8, 4) is 50.6 Å². The van der Waals surface area contributed by atoms with E-state index < -0.39 is 0 Å². The fourth-order valence-electron chi connectivity index (χ4n) is 10.6. The molecular formula is C63H44N4. The van der Waals surface area contributed by atoms with Crippen LogP contribution in [0.15, 0.2) is 231 Å². The Balaban J connectivity index is 0.954. The molecule has 316 valence electrons. The smallest absolute Gasteiger partial charge is 0.160 e. The Morgan fingerprint density at radius 3 is 1.84 bits per heavy atom. The summed E-state index contributed by atoms with van der Waals surface area (Å²) >= 11 is 0. The molecule has 0 radical (unpaired) electrons. The van der Waals surface area contributed by atoms with Crippen molar-refractivity contribution in [2.75, 3.05) is 4.90 Å². The topological polar surface area (TPSA) is 34.0 Å². The highest BCUT2D eigenvalue weighted by molar-refractivity contribution is 6.22. The average molecular weight is 857 g/mol. The van der Waals surface area contributed by atoms with Crippen LogP contribution in [0.3, 0.4) is 0 Å². The normalized spacial score (nSPS) is 13.0. The van der Waals surface area contributed by atoms with Gasteiger partial charge in [-0.25, -0.2) is 9.97 Å². The monoisotopic (exact) mass is 856 g/mol. The minimum Gasteiger partial charge on any atom is -0.310 e. The van der Waals surface area contributed by atoms with E-state index in [0.29, 0.717) is 5.82 Å². The lowest BCUT2D eigenvalue weighted by Gasteiger charge is -2.42. The zero-order chi connectivity index (χ0) is 44.6. The van der Waals surface area contributed by atoms with Gasteiger partial charge in [0.15, 0.2) is 5.82 Å². The lowest BCUT2D eigenvalue weighted by atomic mass is 9.73. The van der Waals surface area contributed by atoms with Gasteiger partial charge in [-0.05, 0) is 111 Å². The predicted octanol–water partition coefficient (Wildman–Crippen LogP) is 16.7. The summed E-state index contributed by atoms with van der Waals surface area (Å²) in [6.07, 6.45) is 0. The summed E-state index contributed by atoms with van der Waals surface area (Å²) in [5, 5.41) is 5.94. The number of benzene rings is 10. The van der Waals surface area contributed by atoms with Crippen LogP contribution < -0.4 is 4.90 Å². The van der Waals surface area contributed by atoms with E-state index in [2.05, 4.69) is 254 Å². The summed E-state index contributed by atoms with van der Waals surface area (Å²) in [6.45, 7) is 4.72. The van der Waals surface area contributed by atoms with Crippen molar-refractivity contribution >= 4 is 60.5 Å². The summed E-state index contributed by atoms with van der Waals surface area (Å²) < 4.78 is 2.42. The summed E-state index contributed by atoms with van der Waals surface area (Å²) in [5.74, 6) is 0.694. The Morgan fingerprint density at radius 2 is 0.985 bits per heavy atom. The second-order valence-electron chi connectivity index (χ2n) is 18.2. The van der Waals surface area contributed by atoms with Crippen molar-refractivity contribution in [2.45, 2.75) is 19.3 Å². The van der Waals surface area contributed by atoms with Crippen LogP contribution in [0.2, 0.25) is 0 Å². The number of anilines is 3. The first-order chi connectivity index (χ1) is 33.0. The van der Waals surface area contributed by atoms with E-state index in [-0.39, 0.29) is 5.41 Å². The molecule has 4 heteroatoms. The number of nitrogens with zero attached hydrogens (tertiary/aromatic N) is 4. The van der Waals surface area contributed by atoms with Gasteiger partial charge in [-0.2, -0.15) is 0 Å². The molecule has 0 amide bonds. The van der Waals surface area contributed by atoms with Crippen LogP contribution >= 0.6 is 0 Å². The van der Waals surface area contributed by atoms with E-state index in [1.54, 1.807) is 0 Å². The van der Waals surface area contributed by atoms with E-state index in [9.17, 15) is 0 Å². The fraction of sp³-hybridized carbons (Fsp3) is 0.0476. The number of fused-ring (bicyclic) bond motifs is 8. The maximum absolute atomic E-state index is 5.33. The Morgan fingerprint density at radius 1 is 0.373 bits per heavy atom. The molecule has 0 N–H and O–H groups in total. The fourth-order valence-corrected chi connectivity index (χ4v) is 10.6. The van der Waals surface area contributed by atoms with E-state index in [1.807, 2.05) is 0 Å². The van der Waals surface area contributed by atoms with Gasteiger partial charge in [0.05, 0.1) is 33.6 Å². The SMILES string of the molecule is CC1(C)c2ccccc2N(c2ccccc2)c2ccc(-c3ccc4c(c3)c3c5ccccc5ccc3n4-c3cccc(-c4nc(-c5ccc(-c6ccccc6)cc5)c5ccccc5n4)c3)cc21. The minimum absolute atomic E-state index is 0.211. The van der Waals surface area contributed by atoms with Gasteiger partial charge >= 0.3 is 0 Å². The van der Waals surface area contributed by atoms with Gasteiger partial charge in [0.2, 0.25) is 0 Å². The summed E-state index contributed by atoms with van der Waals surface area (Å²) in [7, 11) is 0. The molecule has 2 aromatic heterocycles. The molecule has 0 unspecified atom stereocenters. The third-order valence-electron chi connectivity index (χ3n) is 14.0. The summed E-state index contributed by atoms with van der Waals surface area (Å²) in [4.78, 5) is 12.9. The van der Waals surface area contributed by atoms with Crippen molar-refractivity contribution in [3.63, 3.8) is 0 Å². The van der Waals surface area contributed by atoms with Crippen LogP contribution in [0.25, 0.3) is 94.1 Å². The Bertz CT molecular complexity index is 3890. The highest BCUT2D eigenvalue weighted by atomic mass is 15.2. The number of hydrogen-bond donors (Lipinski definition) is 0. The van der Waals surface area contributed by atoms with Gasteiger partial charge in [-0.3, -0.25) is 0 Å². The highest BCUT2D eigenvalue weighted by Gasteiger charge is 2.37. The number of hydrogen-bond acceptors (Lipinski definition) is 3. The van der Waals surface area contributed by atoms with Crippen molar-refractivity contribution in [1.82, 2.24) is 14.5 Å². The first kappa shape index (κ1) is 38.8. The van der Waals surface area contributed by atoms with Gasteiger partial charge in [0, 0.05) is 44.1 Å². The lowest BCUT2D eigenvalue weighted by molar-refractivity contribution is 0.632. The van der Waals surface area contributed by atoms with Crippen LogP contribution in [-0.4, -0.2) is 14.5 Å². The van der Waals surface area contributed by atoms with Crippen molar-refractivity contribution in [3.05, 3.63) is 242 Å². The number of para-hydroxylation sites is 3. The Hall–Kier alpha value is -8.60.